The van der Waals surface area contributed by atoms with E-state index in [0.29, 0.717) is 25.9 Å². The van der Waals surface area contributed by atoms with Crippen LogP contribution in [0.3, 0.4) is 0 Å². The molecule has 1 saturated carbocycles. The molecule has 0 aliphatic heterocycles. The molecule has 4 nitrogen and oxygen atoms in total. The Labute approximate surface area is 78.1 Å². The fourth-order valence-electron chi connectivity index (χ4n) is 1.72. The van der Waals surface area contributed by atoms with Crippen LogP contribution in [-0.2, 0) is 9.53 Å². The van der Waals surface area contributed by atoms with Crippen LogP contribution in [0.15, 0.2) is 0 Å². The van der Waals surface area contributed by atoms with Crippen molar-refractivity contribution in [3.63, 3.8) is 0 Å². The number of aliphatic hydroxyl groups excluding tert-OH is 1. The monoisotopic (exact) mass is 187 g/mol. The van der Waals surface area contributed by atoms with Crippen molar-refractivity contribution in [2.75, 3.05) is 6.61 Å². The Morgan fingerprint density at radius 3 is 2.85 bits per heavy atom. The number of rotatable bonds is 2. The highest BCUT2D eigenvalue weighted by Gasteiger charge is 2.32. The summed E-state index contributed by atoms with van der Waals surface area (Å²) in [5.41, 5.74) is 5.74. The molecule has 13 heavy (non-hydrogen) atoms. The van der Waals surface area contributed by atoms with E-state index in [1.807, 2.05) is 0 Å². The Balaban J connectivity index is 2.45. The summed E-state index contributed by atoms with van der Waals surface area (Å²) >= 11 is 0. The molecule has 1 rings (SSSR count). The molecule has 0 spiro atoms. The quantitative estimate of drug-likeness (QED) is 0.598. The molecule has 0 radical (unpaired) electrons. The van der Waals surface area contributed by atoms with Gasteiger partial charge in [0.05, 0.1) is 18.6 Å². The van der Waals surface area contributed by atoms with Gasteiger partial charge in [0.15, 0.2) is 0 Å². The highest BCUT2D eigenvalue weighted by molar-refractivity contribution is 5.73. The molecule has 0 aromatic rings. The second-order valence-corrected chi connectivity index (χ2v) is 3.49. The van der Waals surface area contributed by atoms with Gasteiger partial charge >= 0.3 is 5.97 Å². The second kappa shape index (κ2) is 4.58. The molecular weight excluding hydrogens is 170 g/mol. The number of carbonyl (C=O) groups is 1. The smallest absolute Gasteiger partial charge is 0.310 e. The third kappa shape index (κ3) is 2.67. The van der Waals surface area contributed by atoms with Crippen LogP contribution in [0.4, 0.5) is 0 Å². The Morgan fingerprint density at radius 1 is 1.62 bits per heavy atom. The third-order valence-corrected chi connectivity index (χ3v) is 2.46. The lowest BCUT2D eigenvalue weighted by atomic mass is 9.83. The Bertz CT molecular complexity index is 184. The van der Waals surface area contributed by atoms with Gasteiger partial charge in [0.25, 0.3) is 0 Å². The van der Waals surface area contributed by atoms with Gasteiger partial charge in [-0.1, -0.05) is 0 Å². The summed E-state index contributed by atoms with van der Waals surface area (Å²) in [5.74, 6) is -0.440. The zero-order valence-electron chi connectivity index (χ0n) is 7.90. The zero-order chi connectivity index (χ0) is 9.84. The summed E-state index contributed by atoms with van der Waals surface area (Å²) in [4.78, 5) is 11.3. The van der Waals surface area contributed by atoms with Crippen LogP contribution in [0.2, 0.25) is 0 Å². The maximum atomic E-state index is 11.3. The molecule has 4 heteroatoms. The van der Waals surface area contributed by atoms with E-state index in [1.54, 1.807) is 6.92 Å². The molecule has 0 aromatic heterocycles. The maximum absolute atomic E-state index is 11.3. The number of esters is 1. The van der Waals surface area contributed by atoms with Crippen molar-refractivity contribution < 1.29 is 14.6 Å². The highest BCUT2D eigenvalue weighted by atomic mass is 16.5. The maximum Gasteiger partial charge on any atom is 0.310 e. The van der Waals surface area contributed by atoms with Crippen molar-refractivity contribution in [2.24, 2.45) is 11.7 Å². The number of nitrogens with two attached hydrogens (primary N) is 1. The third-order valence-electron chi connectivity index (χ3n) is 2.46. The number of hydrogen-bond donors (Lipinski definition) is 2. The van der Waals surface area contributed by atoms with E-state index >= 15 is 0 Å². The number of hydrogen-bond acceptors (Lipinski definition) is 4. The minimum absolute atomic E-state index is 0.219. The van der Waals surface area contributed by atoms with E-state index in [2.05, 4.69) is 0 Å². The van der Waals surface area contributed by atoms with Crippen molar-refractivity contribution in [1.29, 1.82) is 0 Å². The molecule has 1 fully saturated rings. The number of ether oxygens (including phenoxy) is 1. The first-order valence-corrected chi connectivity index (χ1v) is 4.75. The van der Waals surface area contributed by atoms with Crippen molar-refractivity contribution in [3.05, 3.63) is 0 Å². The van der Waals surface area contributed by atoms with Crippen LogP contribution in [0.25, 0.3) is 0 Å². The lowest BCUT2D eigenvalue weighted by Gasteiger charge is -2.29. The number of carbonyl (C=O) groups excluding carboxylic acids is 1. The molecular formula is C9H17NO3. The summed E-state index contributed by atoms with van der Waals surface area (Å²) in [7, 11) is 0. The topological polar surface area (TPSA) is 72.5 Å². The predicted octanol–water partition coefficient (Wildman–Crippen LogP) is 0.0378. The SMILES string of the molecule is CCOC(=O)[C@@H]1CC[C@H](O)C[C@@H]1N. The molecule has 0 aromatic carbocycles. The van der Waals surface area contributed by atoms with Gasteiger partial charge in [-0.25, -0.2) is 0 Å². The van der Waals surface area contributed by atoms with Gasteiger partial charge in [-0.05, 0) is 26.2 Å². The first-order valence-electron chi connectivity index (χ1n) is 4.75. The van der Waals surface area contributed by atoms with Crippen LogP contribution < -0.4 is 5.73 Å². The first-order chi connectivity index (χ1) is 6.15. The van der Waals surface area contributed by atoms with E-state index in [-0.39, 0.29) is 24.0 Å². The molecule has 1 aliphatic rings. The average molecular weight is 187 g/mol. The van der Waals surface area contributed by atoms with Crippen LogP contribution in [-0.4, -0.2) is 29.8 Å². The molecule has 76 valence electrons. The molecule has 3 atom stereocenters. The van der Waals surface area contributed by atoms with Gasteiger partial charge in [0.2, 0.25) is 0 Å². The van der Waals surface area contributed by atoms with Crippen LogP contribution >= 0.6 is 0 Å². The minimum Gasteiger partial charge on any atom is -0.466 e. The van der Waals surface area contributed by atoms with Crippen LogP contribution in [0.1, 0.15) is 26.2 Å². The molecule has 0 unspecified atom stereocenters. The fraction of sp³-hybridized carbons (Fsp3) is 0.889. The molecule has 0 amide bonds. The Kier molecular flexibility index (Phi) is 3.69. The number of aliphatic hydroxyl groups is 1. The normalized spacial score (nSPS) is 34.2. The lowest BCUT2D eigenvalue weighted by Crippen LogP contribution is -2.43. The van der Waals surface area contributed by atoms with Crippen molar-refractivity contribution in [2.45, 2.75) is 38.3 Å². The van der Waals surface area contributed by atoms with Crippen molar-refractivity contribution >= 4 is 5.97 Å². The molecule has 0 bridgehead atoms. The Hall–Kier alpha value is -0.610. The van der Waals surface area contributed by atoms with E-state index < -0.39 is 0 Å². The van der Waals surface area contributed by atoms with Gasteiger partial charge in [-0.2, -0.15) is 0 Å². The van der Waals surface area contributed by atoms with Gasteiger partial charge in [0.1, 0.15) is 0 Å². The van der Waals surface area contributed by atoms with E-state index in [1.165, 1.54) is 0 Å². The zero-order valence-corrected chi connectivity index (χ0v) is 7.90. The minimum atomic E-state index is -0.347. The van der Waals surface area contributed by atoms with Crippen molar-refractivity contribution in [3.8, 4) is 0 Å². The first kappa shape index (κ1) is 10.5. The molecule has 3 N–H and O–H groups in total. The average Bonchev–Trinajstić information content (AvgIpc) is 2.04. The largest absolute Gasteiger partial charge is 0.466 e. The van der Waals surface area contributed by atoms with Gasteiger partial charge in [0, 0.05) is 6.04 Å². The summed E-state index contributed by atoms with van der Waals surface area (Å²) < 4.78 is 4.89. The lowest BCUT2D eigenvalue weighted by molar-refractivity contribution is -0.150. The standard InChI is InChI=1S/C9H17NO3/c1-2-13-9(12)7-4-3-6(11)5-8(7)10/h6-8,11H,2-5,10H2,1H3/t6-,7+,8-/m0/s1. The van der Waals surface area contributed by atoms with Gasteiger partial charge in [-0.3, -0.25) is 4.79 Å². The van der Waals surface area contributed by atoms with Crippen molar-refractivity contribution in [1.82, 2.24) is 0 Å². The molecule has 1 aliphatic carbocycles. The molecule has 0 heterocycles. The Morgan fingerprint density at radius 2 is 2.31 bits per heavy atom. The summed E-state index contributed by atoms with van der Waals surface area (Å²) in [6, 6.07) is -0.247. The summed E-state index contributed by atoms with van der Waals surface area (Å²) in [6.45, 7) is 2.17. The van der Waals surface area contributed by atoms with E-state index in [4.69, 9.17) is 10.5 Å². The summed E-state index contributed by atoms with van der Waals surface area (Å²) in [5, 5.41) is 9.28. The highest BCUT2D eigenvalue weighted by Crippen LogP contribution is 2.24. The van der Waals surface area contributed by atoms with Gasteiger partial charge in [-0.15, -0.1) is 0 Å². The van der Waals surface area contributed by atoms with Crippen LogP contribution in [0.5, 0.6) is 0 Å². The van der Waals surface area contributed by atoms with Crippen LogP contribution in [0, 0.1) is 5.92 Å². The van der Waals surface area contributed by atoms with E-state index in [0.717, 1.165) is 0 Å². The predicted molar refractivity (Wildman–Crippen MR) is 48.0 cm³/mol. The molecule has 0 saturated heterocycles. The van der Waals surface area contributed by atoms with Gasteiger partial charge < -0.3 is 15.6 Å². The summed E-state index contributed by atoms with van der Waals surface area (Å²) in [6.07, 6.45) is 1.45. The van der Waals surface area contributed by atoms with E-state index in [9.17, 15) is 9.90 Å². The fourth-order valence-corrected chi connectivity index (χ4v) is 1.72. The second-order valence-electron chi connectivity index (χ2n) is 3.49.